The van der Waals surface area contributed by atoms with Crippen LogP contribution in [0, 0.1) is 0 Å². The molecule has 62 valence electrons. The normalized spacial score (nSPS) is 12.6. The highest BCUT2D eigenvalue weighted by atomic mass is 28.3. The van der Waals surface area contributed by atoms with Crippen LogP contribution in [0.1, 0.15) is 20.8 Å². The highest BCUT2D eigenvalue weighted by molar-refractivity contribution is 6.77. The van der Waals surface area contributed by atoms with Crippen molar-refractivity contribution in [3.05, 3.63) is 0 Å². The Bertz CT molecular complexity index is 98.4. The van der Waals surface area contributed by atoms with Gasteiger partial charge < -0.3 is 5.21 Å². The second-order valence-corrected chi connectivity index (χ2v) is 8.96. The Kier molecular flexibility index (Phi) is 4.43. The third-order valence-corrected chi connectivity index (χ3v) is 6.46. The number of rotatable bonds is 1. The Labute approximate surface area is 63.8 Å². The fraction of sp³-hybridized carbons (Fsp3) is 1.00. The van der Waals surface area contributed by atoms with E-state index in [9.17, 15) is 0 Å². The van der Waals surface area contributed by atoms with Crippen molar-refractivity contribution in [3.63, 3.8) is 0 Å². The second-order valence-electron chi connectivity index (χ2n) is 3.99. The quantitative estimate of drug-likeness (QED) is 0.458. The van der Waals surface area contributed by atoms with Crippen molar-refractivity contribution in [3.8, 4) is 0 Å². The minimum atomic E-state index is -1.57. The van der Waals surface area contributed by atoms with E-state index >= 15 is 0 Å². The zero-order valence-corrected chi connectivity index (χ0v) is 8.36. The maximum absolute atomic E-state index is 8.74. The van der Waals surface area contributed by atoms with E-state index in [4.69, 9.17) is 5.21 Å². The maximum atomic E-state index is 8.74. The Morgan fingerprint density at radius 2 is 1.50 bits per heavy atom. The molecule has 0 fully saturated rings. The zero-order valence-electron chi connectivity index (χ0n) is 7.36. The lowest BCUT2D eigenvalue weighted by Crippen LogP contribution is -2.50. The molecule has 0 aromatic rings. The van der Waals surface area contributed by atoms with Gasteiger partial charge in [0.25, 0.3) is 0 Å². The highest BCUT2D eigenvalue weighted by Crippen LogP contribution is 2.32. The number of nitrogens with one attached hydrogen (secondary N) is 1. The van der Waals surface area contributed by atoms with Crippen molar-refractivity contribution >= 4 is 8.24 Å². The molecule has 4 heteroatoms. The molecule has 0 saturated carbocycles. The molecule has 2 radical (unpaired) electrons. The van der Waals surface area contributed by atoms with E-state index in [2.05, 4.69) is 39.0 Å². The molecule has 0 heterocycles. The van der Waals surface area contributed by atoms with Crippen LogP contribution in [0.4, 0.5) is 0 Å². The molecule has 0 aliphatic rings. The molecule has 0 amide bonds. The lowest BCUT2D eigenvalue weighted by Gasteiger charge is -2.34. The molecule has 2 N–H and O–H groups in total. The number of hydrogen-bond donors (Lipinski definition) is 2. The lowest BCUT2D eigenvalue weighted by molar-refractivity contribution is 0.230. The van der Waals surface area contributed by atoms with E-state index in [1.807, 2.05) is 0 Å². The third-order valence-electron chi connectivity index (χ3n) is 2.15. The smallest absolute Gasteiger partial charge is 0.155 e. The van der Waals surface area contributed by atoms with E-state index in [1.165, 1.54) is 0 Å². The summed E-state index contributed by atoms with van der Waals surface area (Å²) in [7, 11) is -1.57. The van der Waals surface area contributed by atoms with Crippen molar-refractivity contribution < 1.29 is 10.7 Å². The predicted molar refractivity (Wildman–Crippen MR) is 42.8 cm³/mol. The first-order valence-electron chi connectivity index (χ1n) is 3.22. The summed E-state index contributed by atoms with van der Waals surface area (Å²) in [6.45, 7) is 10.6. The molecule has 0 saturated heterocycles. The van der Waals surface area contributed by atoms with Crippen LogP contribution in [0.15, 0.2) is 0 Å². The first-order chi connectivity index (χ1) is 3.81. The van der Waals surface area contributed by atoms with Crippen LogP contribution in [0.5, 0.6) is 0 Å². The zero-order chi connectivity index (χ0) is 7.71. The standard InChI is InChI=1S/C6H17NOSi.O/c1-6(2,3)9(4,5)7-8;/h7-8H,1-5H3;. The van der Waals surface area contributed by atoms with Crippen molar-refractivity contribution in [1.82, 2.24) is 5.15 Å². The van der Waals surface area contributed by atoms with Crippen LogP contribution in [0.2, 0.25) is 18.1 Å². The molecule has 3 nitrogen and oxygen atoms in total. The van der Waals surface area contributed by atoms with Crippen LogP contribution < -0.4 is 5.15 Å². The Morgan fingerprint density at radius 1 is 1.20 bits per heavy atom. The third kappa shape index (κ3) is 2.79. The lowest BCUT2D eigenvalue weighted by atomic mass is 10.2. The molecule has 0 rings (SSSR count). The van der Waals surface area contributed by atoms with Gasteiger partial charge in [-0.2, -0.15) is 0 Å². The van der Waals surface area contributed by atoms with Crippen LogP contribution in [0.3, 0.4) is 0 Å². The Hall–Kier alpha value is 0.0969. The predicted octanol–water partition coefficient (Wildman–Crippen LogP) is 1.85. The summed E-state index contributed by atoms with van der Waals surface area (Å²) in [5, 5.41) is 11.4. The van der Waals surface area contributed by atoms with Crippen molar-refractivity contribution in [2.75, 3.05) is 0 Å². The monoisotopic (exact) mass is 163 g/mol. The van der Waals surface area contributed by atoms with Gasteiger partial charge in [0.05, 0.1) is 0 Å². The summed E-state index contributed by atoms with van der Waals surface area (Å²) in [5.41, 5.74) is 0. The van der Waals surface area contributed by atoms with Crippen molar-refractivity contribution in [1.29, 1.82) is 0 Å². The summed E-state index contributed by atoms with van der Waals surface area (Å²) >= 11 is 0. The van der Waals surface area contributed by atoms with Gasteiger partial charge in [0, 0.05) is 5.48 Å². The highest BCUT2D eigenvalue weighted by Gasteiger charge is 2.34. The van der Waals surface area contributed by atoms with Gasteiger partial charge in [-0.1, -0.05) is 33.9 Å². The maximum Gasteiger partial charge on any atom is 0.155 e. The van der Waals surface area contributed by atoms with Crippen molar-refractivity contribution in [2.24, 2.45) is 0 Å². The Morgan fingerprint density at radius 3 is 1.50 bits per heavy atom. The molecule has 0 bridgehead atoms. The molecule has 0 spiro atoms. The van der Waals surface area contributed by atoms with Crippen LogP contribution in [-0.4, -0.2) is 13.4 Å². The topological polar surface area (TPSA) is 60.8 Å². The van der Waals surface area contributed by atoms with E-state index in [-0.39, 0.29) is 10.5 Å². The molecule has 10 heavy (non-hydrogen) atoms. The first kappa shape index (κ1) is 12.7. The second kappa shape index (κ2) is 3.48. The first-order valence-corrected chi connectivity index (χ1v) is 6.22. The van der Waals surface area contributed by atoms with Gasteiger partial charge in [-0.15, -0.1) is 0 Å². The van der Waals surface area contributed by atoms with Gasteiger partial charge in [0.1, 0.15) is 0 Å². The molecule has 0 aliphatic heterocycles. The fourth-order valence-corrected chi connectivity index (χ4v) is 0.503. The minimum Gasteiger partial charge on any atom is -0.324 e. The van der Waals surface area contributed by atoms with E-state index in [1.54, 1.807) is 0 Å². The van der Waals surface area contributed by atoms with Gasteiger partial charge in [-0.05, 0) is 5.04 Å². The molecule has 0 aliphatic carbocycles. The summed E-state index contributed by atoms with van der Waals surface area (Å²) < 4.78 is 0. The van der Waals surface area contributed by atoms with Crippen LogP contribution in [0.25, 0.3) is 0 Å². The fourth-order valence-electron chi connectivity index (χ4n) is 0.168. The molecular formula is C6H17NO2Si. The summed E-state index contributed by atoms with van der Waals surface area (Å²) in [6, 6.07) is 0. The van der Waals surface area contributed by atoms with Gasteiger partial charge in [-0.25, -0.2) is 5.15 Å². The van der Waals surface area contributed by atoms with Crippen LogP contribution in [-0.2, 0) is 5.48 Å². The average Bonchev–Trinajstić information content (AvgIpc) is 1.64. The molecular weight excluding hydrogens is 146 g/mol. The van der Waals surface area contributed by atoms with E-state index < -0.39 is 8.24 Å². The summed E-state index contributed by atoms with van der Waals surface area (Å²) in [4.78, 5) is 0. The molecule has 0 atom stereocenters. The SMILES string of the molecule is CC(C)(C)[Si](C)(C)NO.[O]. The summed E-state index contributed by atoms with van der Waals surface area (Å²) in [5.74, 6) is 0. The van der Waals surface area contributed by atoms with E-state index in [0.29, 0.717) is 0 Å². The largest absolute Gasteiger partial charge is 0.324 e. The summed E-state index contributed by atoms with van der Waals surface area (Å²) in [6.07, 6.45) is 0. The van der Waals surface area contributed by atoms with E-state index in [0.717, 1.165) is 0 Å². The van der Waals surface area contributed by atoms with Crippen molar-refractivity contribution in [2.45, 2.75) is 38.9 Å². The van der Waals surface area contributed by atoms with Gasteiger partial charge >= 0.3 is 0 Å². The Balaban J connectivity index is 0. The van der Waals surface area contributed by atoms with Gasteiger partial charge in [-0.3, -0.25) is 0 Å². The minimum absolute atomic E-state index is 0. The number of hydrogen-bond acceptors (Lipinski definition) is 2. The van der Waals surface area contributed by atoms with Gasteiger partial charge in [0.15, 0.2) is 8.24 Å². The molecule has 0 aromatic carbocycles. The van der Waals surface area contributed by atoms with Crippen LogP contribution >= 0.6 is 0 Å². The molecule has 0 unspecified atom stereocenters. The molecule has 0 aromatic heterocycles. The van der Waals surface area contributed by atoms with Gasteiger partial charge in [0.2, 0.25) is 0 Å². The average molecular weight is 163 g/mol.